The number of carbonyl (C=O) groups is 1. The van der Waals surface area contributed by atoms with Crippen molar-refractivity contribution in [3.63, 3.8) is 0 Å². The second-order valence-electron chi connectivity index (χ2n) is 7.66. The van der Waals surface area contributed by atoms with Crippen molar-refractivity contribution >= 4 is 60.2 Å². The lowest BCUT2D eigenvalue weighted by Crippen LogP contribution is -2.36. The lowest BCUT2D eigenvalue weighted by molar-refractivity contribution is 0.102. The number of amides is 1. The fourth-order valence-electron chi connectivity index (χ4n) is 3.71. The lowest BCUT2D eigenvalue weighted by atomic mass is 10.1. The van der Waals surface area contributed by atoms with Crippen molar-refractivity contribution in [1.29, 1.82) is 0 Å². The third kappa shape index (κ3) is 4.75. The minimum Gasteiger partial charge on any atom is -0.421 e. The van der Waals surface area contributed by atoms with Gasteiger partial charge in [0, 0.05) is 34.2 Å². The maximum absolute atomic E-state index is 12.9. The average molecular weight is 586 g/mol. The molecule has 0 aliphatic carbocycles. The number of ether oxygens (including phenoxy) is 1. The number of rotatable bonds is 4. The minimum atomic E-state index is -0.714. The Bertz CT molecular complexity index is 1430. The van der Waals surface area contributed by atoms with Crippen molar-refractivity contribution in [2.75, 3.05) is 36.5 Å². The molecule has 10 heteroatoms. The number of nitrogens with zero attached hydrogens (tertiary/aromatic N) is 3. The van der Waals surface area contributed by atoms with Crippen molar-refractivity contribution in [3.8, 4) is 11.3 Å². The van der Waals surface area contributed by atoms with Gasteiger partial charge in [-0.15, -0.1) is 10.2 Å². The number of aromatic nitrogens is 2. The molecule has 34 heavy (non-hydrogen) atoms. The van der Waals surface area contributed by atoms with Crippen LogP contribution in [0.4, 0.5) is 11.5 Å². The number of hydrogen-bond acceptors (Lipinski definition) is 7. The van der Waals surface area contributed by atoms with E-state index < -0.39 is 11.5 Å². The Kier molecular flexibility index (Phi) is 6.44. The number of halogens is 2. The fourth-order valence-corrected chi connectivity index (χ4v) is 5.05. The van der Waals surface area contributed by atoms with Gasteiger partial charge < -0.3 is 19.4 Å². The van der Waals surface area contributed by atoms with E-state index in [0.29, 0.717) is 40.0 Å². The largest absolute Gasteiger partial charge is 0.421 e. The van der Waals surface area contributed by atoms with E-state index in [-0.39, 0.29) is 5.56 Å². The zero-order chi connectivity index (χ0) is 23.7. The topological polar surface area (TPSA) is 97.6 Å². The Hall–Kier alpha value is -3.08. The van der Waals surface area contributed by atoms with E-state index in [4.69, 9.17) is 9.15 Å². The molecular weight excluding hydrogens is 568 g/mol. The Morgan fingerprint density at radius 2 is 1.82 bits per heavy atom. The summed E-state index contributed by atoms with van der Waals surface area (Å²) in [5.74, 6) is 0.246. The van der Waals surface area contributed by atoms with Crippen molar-refractivity contribution in [1.82, 2.24) is 10.2 Å². The predicted molar refractivity (Wildman–Crippen MR) is 136 cm³/mol. The molecule has 1 saturated heterocycles. The minimum absolute atomic E-state index is 0.0856. The van der Waals surface area contributed by atoms with E-state index in [9.17, 15) is 9.59 Å². The molecule has 1 fully saturated rings. The summed E-state index contributed by atoms with van der Waals surface area (Å²) in [5.41, 5.74) is 1.57. The number of anilines is 2. The highest BCUT2D eigenvalue weighted by atomic mass is 79.9. The molecule has 2 aromatic carbocycles. The van der Waals surface area contributed by atoms with Gasteiger partial charge in [0.1, 0.15) is 5.56 Å². The van der Waals surface area contributed by atoms with E-state index >= 15 is 0 Å². The summed E-state index contributed by atoms with van der Waals surface area (Å²) in [5, 5.41) is 12.1. The molecular formula is C24H18Br2N4O4. The first-order valence-corrected chi connectivity index (χ1v) is 12.1. The van der Waals surface area contributed by atoms with Crippen molar-refractivity contribution in [2.45, 2.75) is 0 Å². The summed E-state index contributed by atoms with van der Waals surface area (Å²) in [6.07, 6.45) is 0. The quantitative estimate of drug-likeness (QED) is 0.341. The van der Waals surface area contributed by atoms with Gasteiger partial charge in [-0.3, -0.25) is 4.79 Å². The molecule has 5 rings (SSSR count). The maximum atomic E-state index is 12.9. The molecule has 0 bridgehead atoms. The van der Waals surface area contributed by atoms with Crippen molar-refractivity contribution < 1.29 is 13.9 Å². The molecule has 0 radical (unpaired) electrons. The Balaban J connectivity index is 1.37. The van der Waals surface area contributed by atoms with Crippen LogP contribution in [0.1, 0.15) is 10.4 Å². The van der Waals surface area contributed by atoms with Gasteiger partial charge in [0.25, 0.3) is 5.91 Å². The summed E-state index contributed by atoms with van der Waals surface area (Å²) >= 11 is 6.78. The van der Waals surface area contributed by atoms with Crippen LogP contribution in [-0.4, -0.2) is 42.4 Å². The number of hydrogen-bond donors (Lipinski definition) is 1. The Morgan fingerprint density at radius 3 is 2.59 bits per heavy atom. The summed E-state index contributed by atoms with van der Waals surface area (Å²) in [6, 6.07) is 16.1. The van der Waals surface area contributed by atoms with Gasteiger partial charge in [-0.25, -0.2) is 4.79 Å². The lowest BCUT2D eigenvalue weighted by Gasteiger charge is -2.27. The summed E-state index contributed by atoms with van der Waals surface area (Å²) in [4.78, 5) is 27.5. The average Bonchev–Trinajstić information content (AvgIpc) is 2.85. The SMILES string of the molecule is O=C(Nc1cccc(-c2ccc(N3CCOCC3)nn2)c1)c1cc2cc(Br)cc(Br)c2oc1=O. The molecule has 0 spiro atoms. The highest BCUT2D eigenvalue weighted by Crippen LogP contribution is 2.28. The third-order valence-electron chi connectivity index (χ3n) is 5.40. The van der Waals surface area contributed by atoms with Crippen LogP contribution in [0.3, 0.4) is 0 Å². The van der Waals surface area contributed by atoms with E-state index in [1.807, 2.05) is 18.2 Å². The molecule has 172 valence electrons. The monoisotopic (exact) mass is 584 g/mol. The van der Waals surface area contributed by atoms with Crippen molar-refractivity contribution in [3.05, 3.63) is 79.5 Å². The number of benzene rings is 2. The first-order chi connectivity index (χ1) is 16.5. The Labute approximate surface area is 211 Å². The molecule has 4 aromatic rings. The van der Waals surface area contributed by atoms with Gasteiger partial charge >= 0.3 is 5.63 Å². The predicted octanol–water partition coefficient (Wildman–Crippen LogP) is 4.86. The standard InChI is InChI=1S/C24H18Br2N4O4/c25-16-10-15-12-18(24(32)34-22(15)19(26)13-16)23(31)27-17-3-1-2-14(11-17)20-4-5-21(29-28-20)30-6-8-33-9-7-30/h1-5,10-13H,6-9H2,(H,27,31). The van der Waals surface area contributed by atoms with Crippen LogP contribution in [0.5, 0.6) is 0 Å². The summed E-state index contributed by atoms with van der Waals surface area (Å²) in [6.45, 7) is 2.92. The molecule has 0 atom stereocenters. The van der Waals surface area contributed by atoms with Gasteiger partial charge in [-0.2, -0.15) is 0 Å². The van der Waals surface area contributed by atoms with Crippen LogP contribution in [-0.2, 0) is 4.74 Å². The highest BCUT2D eigenvalue weighted by Gasteiger charge is 2.17. The molecule has 8 nitrogen and oxygen atoms in total. The van der Waals surface area contributed by atoms with E-state index in [2.05, 4.69) is 52.3 Å². The van der Waals surface area contributed by atoms with Crippen LogP contribution in [0.2, 0.25) is 0 Å². The van der Waals surface area contributed by atoms with E-state index in [0.717, 1.165) is 28.9 Å². The molecule has 1 amide bonds. The zero-order valence-electron chi connectivity index (χ0n) is 17.8. The van der Waals surface area contributed by atoms with Gasteiger partial charge in [-0.05, 0) is 58.4 Å². The fraction of sp³-hybridized carbons (Fsp3) is 0.167. The number of nitrogens with one attached hydrogen (secondary N) is 1. The van der Waals surface area contributed by atoms with Crippen LogP contribution >= 0.6 is 31.9 Å². The van der Waals surface area contributed by atoms with Crippen molar-refractivity contribution in [2.24, 2.45) is 0 Å². The van der Waals surface area contributed by atoms with E-state index in [1.54, 1.807) is 30.3 Å². The normalized spacial score (nSPS) is 13.8. The Morgan fingerprint density at radius 1 is 1.00 bits per heavy atom. The van der Waals surface area contributed by atoms with Gasteiger partial charge in [0.05, 0.1) is 23.4 Å². The molecule has 0 saturated carbocycles. The van der Waals surface area contributed by atoms with Gasteiger partial charge in [-0.1, -0.05) is 28.1 Å². The number of morpholine rings is 1. The van der Waals surface area contributed by atoms with Crippen LogP contribution in [0.15, 0.2) is 72.8 Å². The maximum Gasteiger partial charge on any atom is 0.349 e. The zero-order valence-corrected chi connectivity index (χ0v) is 20.9. The van der Waals surface area contributed by atoms with E-state index in [1.165, 1.54) is 6.07 Å². The summed E-state index contributed by atoms with van der Waals surface area (Å²) in [7, 11) is 0. The van der Waals surface area contributed by atoms with Crippen LogP contribution in [0.25, 0.3) is 22.2 Å². The number of fused-ring (bicyclic) bond motifs is 1. The van der Waals surface area contributed by atoms with Crippen LogP contribution in [0, 0.1) is 0 Å². The molecule has 3 heterocycles. The van der Waals surface area contributed by atoms with Gasteiger partial charge in [0.2, 0.25) is 0 Å². The smallest absolute Gasteiger partial charge is 0.349 e. The van der Waals surface area contributed by atoms with Gasteiger partial charge in [0.15, 0.2) is 11.4 Å². The number of carbonyl (C=O) groups excluding carboxylic acids is 1. The molecule has 1 N–H and O–H groups in total. The molecule has 1 aliphatic rings. The van der Waals surface area contributed by atoms with Crippen LogP contribution < -0.4 is 15.8 Å². The molecule has 2 aromatic heterocycles. The highest BCUT2D eigenvalue weighted by molar-refractivity contribution is 9.11. The second kappa shape index (κ2) is 9.65. The summed E-state index contributed by atoms with van der Waals surface area (Å²) < 4.78 is 12.2. The third-order valence-corrected chi connectivity index (χ3v) is 6.44. The first kappa shape index (κ1) is 22.7. The molecule has 0 unspecified atom stereocenters. The first-order valence-electron chi connectivity index (χ1n) is 10.5. The second-order valence-corrected chi connectivity index (χ2v) is 9.43. The molecule has 1 aliphatic heterocycles.